The summed E-state index contributed by atoms with van der Waals surface area (Å²) in [7, 11) is -4.50. The maximum Gasteiger partial charge on any atom is 0.446 e. The summed E-state index contributed by atoms with van der Waals surface area (Å²) in [6.45, 7) is 2.13. The Kier molecular flexibility index (Phi) is 3.32. The molecule has 0 bridgehead atoms. The molecule has 5 nitrogen and oxygen atoms in total. The molecule has 0 radical (unpaired) electrons. The predicted octanol–water partition coefficient (Wildman–Crippen LogP) is 1.27. The first-order chi connectivity index (χ1) is 6.53. The summed E-state index contributed by atoms with van der Waals surface area (Å²) in [5, 5.41) is 0. The highest BCUT2D eigenvalue weighted by atomic mass is 32.3. The molecule has 0 fully saturated rings. The molecule has 0 heterocycles. The summed E-state index contributed by atoms with van der Waals surface area (Å²) < 4.78 is 38.7. The van der Waals surface area contributed by atoms with Gasteiger partial charge in [-0.1, -0.05) is 12.1 Å². The van der Waals surface area contributed by atoms with Crippen LogP contribution in [0.25, 0.3) is 0 Å². The molecule has 1 rings (SSSR count). The number of para-hydroxylation sites is 2. The average Bonchev–Trinajstić information content (AvgIpc) is 2.06. The molecule has 0 saturated carbocycles. The lowest BCUT2D eigenvalue weighted by molar-refractivity contribution is 0.319. The van der Waals surface area contributed by atoms with Crippen LogP contribution >= 0.6 is 0 Å². The van der Waals surface area contributed by atoms with Gasteiger partial charge in [0.25, 0.3) is 0 Å². The SMILES string of the molecule is CCOc1ccccc1OS(=O)(=O)O. The lowest BCUT2D eigenvalue weighted by atomic mass is 10.3. The van der Waals surface area contributed by atoms with Gasteiger partial charge in [-0.3, -0.25) is 4.55 Å². The quantitative estimate of drug-likeness (QED) is 0.770. The van der Waals surface area contributed by atoms with E-state index >= 15 is 0 Å². The van der Waals surface area contributed by atoms with Gasteiger partial charge in [-0.15, -0.1) is 0 Å². The van der Waals surface area contributed by atoms with E-state index < -0.39 is 10.4 Å². The lowest BCUT2D eigenvalue weighted by Crippen LogP contribution is -2.07. The van der Waals surface area contributed by atoms with Gasteiger partial charge in [-0.05, 0) is 19.1 Å². The highest BCUT2D eigenvalue weighted by Crippen LogP contribution is 2.27. The normalized spacial score (nSPS) is 11.0. The zero-order valence-electron chi connectivity index (χ0n) is 7.50. The van der Waals surface area contributed by atoms with Crippen molar-refractivity contribution in [1.29, 1.82) is 0 Å². The molecule has 14 heavy (non-hydrogen) atoms. The van der Waals surface area contributed by atoms with Crippen LogP contribution in [0, 0.1) is 0 Å². The first-order valence-electron chi connectivity index (χ1n) is 3.91. The summed E-state index contributed by atoms with van der Waals surface area (Å²) in [4.78, 5) is 0. The first-order valence-corrected chi connectivity index (χ1v) is 5.28. The van der Waals surface area contributed by atoms with Crippen LogP contribution in [-0.4, -0.2) is 19.6 Å². The minimum atomic E-state index is -4.50. The van der Waals surface area contributed by atoms with Gasteiger partial charge < -0.3 is 8.92 Å². The zero-order chi connectivity index (χ0) is 10.6. The van der Waals surface area contributed by atoms with Crippen molar-refractivity contribution in [2.24, 2.45) is 0 Å². The highest BCUT2D eigenvalue weighted by Gasteiger charge is 2.11. The van der Waals surface area contributed by atoms with Crippen LogP contribution in [0.4, 0.5) is 0 Å². The van der Waals surface area contributed by atoms with Crippen molar-refractivity contribution in [1.82, 2.24) is 0 Å². The van der Waals surface area contributed by atoms with E-state index in [2.05, 4.69) is 4.18 Å². The standard InChI is InChI=1S/C8H10O5S/c1-2-12-7-5-3-4-6-8(7)13-14(9,10)11/h3-6H,2H2,1H3,(H,9,10,11). The van der Waals surface area contributed by atoms with Crippen molar-refractivity contribution in [3.8, 4) is 11.5 Å². The van der Waals surface area contributed by atoms with Crippen LogP contribution in [0.5, 0.6) is 11.5 Å². The van der Waals surface area contributed by atoms with Gasteiger partial charge in [0.15, 0.2) is 11.5 Å². The molecule has 0 aromatic heterocycles. The van der Waals surface area contributed by atoms with E-state index in [1.165, 1.54) is 6.07 Å². The van der Waals surface area contributed by atoms with E-state index in [9.17, 15) is 8.42 Å². The fourth-order valence-corrected chi connectivity index (χ4v) is 1.27. The molecule has 78 valence electrons. The Morgan fingerprint density at radius 1 is 1.29 bits per heavy atom. The van der Waals surface area contributed by atoms with Crippen molar-refractivity contribution in [3.05, 3.63) is 24.3 Å². The molecular weight excluding hydrogens is 208 g/mol. The first kappa shape index (κ1) is 10.8. The summed E-state index contributed by atoms with van der Waals surface area (Å²) in [6.07, 6.45) is 0. The molecule has 0 aliphatic carbocycles. The average molecular weight is 218 g/mol. The minimum Gasteiger partial charge on any atom is -0.490 e. The maximum absolute atomic E-state index is 10.4. The molecule has 6 heteroatoms. The molecule has 0 saturated heterocycles. The van der Waals surface area contributed by atoms with E-state index in [-0.39, 0.29) is 11.5 Å². The van der Waals surface area contributed by atoms with Crippen molar-refractivity contribution in [3.63, 3.8) is 0 Å². The van der Waals surface area contributed by atoms with Crippen LogP contribution in [-0.2, 0) is 10.4 Å². The zero-order valence-corrected chi connectivity index (χ0v) is 8.32. The largest absolute Gasteiger partial charge is 0.490 e. The summed E-state index contributed by atoms with van der Waals surface area (Å²) in [5.74, 6) is 0.240. The maximum atomic E-state index is 10.4. The molecule has 0 unspecified atom stereocenters. The number of hydrogen-bond donors (Lipinski definition) is 1. The highest BCUT2D eigenvalue weighted by molar-refractivity contribution is 7.81. The minimum absolute atomic E-state index is 0.0307. The fourth-order valence-electron chi connectivity index (χ4n) is 0.907. The van der Waals surface area contributed by atoms with Crippen molar-refractivity contribution < 1.29 is 21.9 Å². The Bertz CT molecular complexity index is 398. The van der Waals surface area contributed by atoms with Gasteiger partial charge >= 0.3 is 10.4 Å². The van der Waals surface area contributed by atoms with Crippen LogP contribution in [0.15, 0.2) is 24.3 Å². The summed E-state index contributed by atoms with van der Waals surface area (Å²) >= 11 is 0. The fraction of sp³-hybridized carbons (Fsp3) is 0.250. The topological polar surface area (TPSA) is 72.8 Å². The molecule has 0 amide bonds. The van der Waals surface area contributed by atoms with E-state index in [1.54, 1.807) is 25.1 Å². The number of ether oxygens (including phenoxy) is 1. The van der Waals surface area contributed by atoms with E-state index in [1.807, 2.05) is 0 Å². The molecule has 0 atom stereocenters. The molecule has 1 N–H and O–H groups in total. The van der Waals surface area contributed by atoms with Gasteiger partial charge in [0.05, 0.1) is 6.61 Å². The Hall–Kier alpha value is -1.27. The third-order valence-corrected chi connectivity index (χ3v) is 1.73. The van der Waals surface area contributed by atoms with Crippen molar-refractivity contribution in [2.45, 2.75) is 6.92 Å². The Morgan fingerprint density at radius 2 is 1.86 bits per heavy atom. The second kappa shape index (κ2) is 4.30. The Balaban J connectivity index is 2.95. The van der Waals surface area contributed by atoms with E-state index in [4.69, 9.17) is 9.29 Å². The second-order valence-electron chi connectivity index (χ2n) is 2.39. The Labute approximate surface area is 82.2 Å². The van der Waals surface area contributed by atoms with Crippen molar-refractivity contribution >= 4 is 10.4 Å². The van der Waals surface area contributed by atoms with Gasteiger partial charge in [-0.2, -0.15) is 8.42 Å². The molecule has 0 aliphatic heterocycles. The third kappa shape index (κ3) is 3.23. The van der Waals surface area contributed by atoms with E-state index in [0.717, 1.165) is 0 Å². The van der Waals surface area contributed by atoms with Gasteiger partial charge in [0.1, 0.15) is 0 Å². The van der Waals surface area contributed by atoms with Gasteiger partial charge in [0, 0.05) is 0 Å². The Morgan fingerprint density at radius 3 is 2.36 bits per heavy atom. The molecule has 1 aromatic carbocycles. The smallest absolute Gasteiger partial charge is 0.446 e. The van der Waals surface area contributed by atoms with Crippen LogP contribution in [0.1, 0.15) is 6.92 Å². The second-order valence-corrected chi connectivity index (χ2v) is 3.41. The molecule has 0 spiro atoms. The van der Waals surface area contributed by atoms with Crippen LogP contribution in [0.2, 0.25) is 0 Å². The summed E-state index contributed by atoms with van der Waals surface area (Å²) in [5.41, 5.74) is 0. The number of benzene rings is 1. The third-order valence-electron chi connectivity index (χ3n) is 1.34. The van der Waals surface area contributed by atoms with Gasteiger partial charge in [0.2, 0.25) is 0 Å². The van der Waals surface area contributed by atoms with Crippen molar-refractivity contribution in [2.75, 3.05) is 6.61 Å². The summed E-state index contributed by atoms with van der Waals surface area (Å²) in [6, 6.07) is 6.17. The van der Waals surface area contributed by atoms with Gasteiger partial charge in [-0.25, -0.2) is 0 Å². The van der Waals surface area contributed by atoms with Crippen LogP contribution < -0.4 is 8.92 Å². The molecule has 0 aliphatic rings. The molecular formula is C8H10O5S. The van der Waals surface area contributed by atoms with E-state index in [0.29, 0.717) is 6.61 Å². The lowest BCUT2D eigenvalue weighted by Gasteiger charge is -2.08. The van der Waals surface area contributed by atoms with Crippen LogP contribution in [0.3, 0.4) is 0 Å². The number of hydrogen-bond acceptors (Lipinski definition) is 4. The number of rotatable bonds is 4. The predicted molar refractivity (Wildman–Crippen MR) is 49.8 cm³/mol. The molecule has 1 aromatic rings. The monoisotopic (exact) mass is 218 g/mol.